The standard InChI is InChI=1S/C16H19N3O3/c20-16(3-1-2-13-9-18-19-10-13)17-7-6-12-4-5-14-15(8-12)22-11-21-14/h4-5,8-10H,1-3,6-7,11H2,(H,17,20)(H,18,19). The van der Waals surface area contributed by atoms with Crippen molar-refractivity contribution < 1.29 is 14.3 Å². The Hall–Kier alpha value is -2.50. The van der Waals surface area contributed by atoms with Crippen LogP contribution in [0.2, 0.25) is 0 Å². The molecule has 2 heterocycles. The number of benzene rings is 1. The zero-order chi connectivity index (χ0) is 15.2. The van der Waals surface area contributed by atoms with Crippen molar-refractivity contribution in [3.63, 3.8) is 0 Å². The van der Waals surface area contributed by atoms with Crippen molar-refractivity contribution in [3.05, 3.63) is 41.7 Å². The Kier molecular flexibility index (Phi) is 4.58. The van der Waals surface area contributed by atoms with Crippen molar-refractivity contribution in [3.8, 4) is 11.5 Å². The third-order valence-corrected chi connectivity index (χ3v) is 3.60. The Morgan fingerprint density at radius 1 is 1.23 bits per heavy atom. The SMILES string of the molecule is O=C(CCCc1cn[nH]c1)NCCc1ccc2c(c1)OCO2. The van der Waals surface area contributed by atoms with Gasteiger partial charge in [0.05, 0.1) is 6.20 Å². The summed E-state index contributed by atoms with van der Waals surface area (Å²) in [5.41, 5.74) is 2.26. The zero-order valence-electron chi connectivity index (χ0n) is 12.3. The Morgan fingerprint density at radius 3 is 3.00 bits per heavy atom. The number of nitrogens with one attached hydrogen (secondary N) is 2. The van der Waals surface area contributed by atoms with Crippen LogP contribution in [0, 0.1) is 0 Å². The van der Waals surface area contributed by atoms with E-state index in [0.29, 0.717) is 13.0 Å². The number of amides is 1. The molecular weight excluding hydrogens is 282 g/mol. The van der Waals surface area contributed by atoms with Crippen LogP contribution in [0.5, 0.6) is 11.5 Å². The highest BCUT2D eigenvalue weighted by Crippen LogP contribution is 2.32. The molecule has 6 heteroatoms. The summed E-state index contributed by atoms with van der Waals surface area (Å²) in [6, 6.07) is 5.87. The van der Waals surface area contributed by atoms with Crippen LogP contribution in [0.4, 0.5) is 0 Å². The second-order valence-corrected chi connectivity index (χ2v) is 5.25. The van der Waals surface area contributed by atoms with Crippen LogP contribution >= 0.6 is 0 Å². The number of carbonyl (C=O) groups excluding carboxylic acids is 1. The number of rotatable bonds is 7. The first-order valence-corrected chi connectivity index (χ1v) is 7.44. The van der Waals surface area contributed by atoms with Gasteiger partial charge in [0.15, 0.2) is 11.5 Å². The number of ether oxygens (including phenoxy) is 2. The molecule has 0 radical (unpaired) electrons. The molecule has 6 nitrogen and oxygen atoms in total. The van der Waals surface area contributed by atoms with E-state index in [1.54, 1.807) is 6.20 Å². The van der Waals surface area contributed by atoms with Crippen molar-refractivity contribution in [2.75, 3.05) is 13.3 Å². The molecule has 0 atom stereocenters. The third-order valence-electron chi connectivity index (χ3n) is 3.60. The van der Waals surface area contributed by atoms with Gasteiger partial charge < -0.3 is 14.8 Å². The van der Waals surface area contributed by atoms with Gasteiger partial charge in [-0.3, -0.25) is 9.89 Å². The van der Waals surface area contributed by atoms with Gasteiger partial charge in [-0.25, -0.2) is 0 Å². The van der Waals surface area contributed by atoms with Gasteiger partial charge in [0.1, 0.15) is 0 Å². The monoisotopic (exact) mass is 301 g/mol. The lowest BCUT2D eigenvalue weighted by atomic mass is 10.1. The van der Waals surface area contributed by atoms with Gasteiger partial charge in [0, 0.05) is 19.2 Å². The summed E-state index contributed by atoms with van der Waals surface area (Å²) in [5.74, 6) is 1.65. The lowest BCUT2D eigenvalue weighted by Gasteiger charge is -2.06. The highest BCUT2D eigenvalue weighted by molar-refractivity contribution is 5.75. The summed E-state index contributed by atoms with van der Waals surface area (Å²) in [7, 11) is 0. The molecule has 1 aliphatic rings. The number of hydrogen-bond donors (Lipinski definition) is 2. The number of aryl methyl sites for hydroxylation is 1. The Bertz CT molecular complexity index is 626. The summed E-state index contributed by atoms with van der Waals surface area (Å²) in [6.07, 6.45) is 6.66. The number of nitrogens with zero attached hydrogens (tertiary/aromatic N) is 1. The van der Waals surface area contributed by atoms with Crippen LogP contribution in [0.3, 0.4) is 0 Å². The molecule has 0 fully saturated rings. The van der Waals surface area contributed by atoms with Crippen molar-refractivity contribution in [1.82, 2.24) is 15.5 Å². The molecule has 22 heavy (non-hydrogen) atoms. The molecule has 0 spiro atoms. The lowest BCUT2D eigenvalue weighted by molar-refractivity contribution is -0.121. The van der Waals surface area contributed by atoms with Crippen molar-refractivity contribution >= 4 is 5.91 Å². The lowest BCUT2D eigenvalue weighted by Crippen LogP contribution is -2.25. The second-order valence-electron chi connectivity index (χ2n) is 5.25. The number of H-pyrrole nitrogens is 1. The average molecular weight is 301 g/mol. The van der Waals surface area contributed by atoms with Crippen LogP contribution in [-0.4, -0.2) is 29.4 Å². The number of aromatic amines is 1. The molecular formula is C16H19N3O3. The fourth-order valence-electron chi connectivity index (χ4n) is 2.40. The molecule has 116 valence electrons. The van der Waals surface area contributed by atoms with Crippen molar-refractivity contribution in [1.29, 1.82) is 0 Å². The van der Waals surface area contributed by atoms with Gasteiger partial charge in [-0.05, 0) is 42.5 Å². The van der Waals surface area contributed by atoms with Gasteiger partial charge >= 0.3 is 0 Å². The molecule has 0 unspecified atom stereocenters. The predicted molar refractivity (Wildman–Crippen MR) is 80.8 cm³/mol. The van der Waals surface area contributed by atoms with Crippen molar-refractivity contribution in [2.45, 2.75) is 25.7 Å². The summed E-state index contributed by atoms with van der Waals surface area (Å²) in [5, 5.41) is 9.60. The highest BCUT2D eigenvalue weighted by atomic mass is 16.7. The quantitative estimate of drug-likeness (QED) is 0.818. The van der Waals surface area contributed by atoms with E-state index in [0.717, 1.165) is 41.9 Å². The maximum absolute atomic E-state index is 11.8. The molecule has 2 aromatic rings. The van der Waals surface area contributed by atoms with E-state index in [4.69, 9.17) is 9.47 Å². The summed E-state index contributed by atoms with van der Waals surface area (Å²) in [6.45, 7) is 0.913. The molecule has 0 bridgehead atoms. The molecule has 0 aliphatic carbocycles. The van der Waals surface area contributed by atoms with Gasteiger partial charge in [-0.2, -0.15) is 5.10 Å². The van der Waals surface area contributed by atoms with Crippen LogP contribution in [-0.2, 0) is 17.6 Å². The minimum Gasteiger partial charge on any atom is -0.454 e. The third kappa shape index (κ3) is 3.78. The van der Waals surface area contributed by atoms with Crippen LogP contribution in [0.1, 0.15) is 24.0 Å². The second kappa shape index (κ2) is 6.98. The smallest absolute Gasteiger partial charge is 0.231 e. The van der Waals surface area contributed by atoms with E-state index in [1.807, 2.05) is 24.4 Å². The normalized spacial score (nSPS) is 12.4. The first-order chi connectivity index (χ1) is 10.8. The predicted octanol–water partition coefficient (Wildman–Crippen LogP) is 1.82. The first-order valence-electron chi connectivity index (χ1n) is 7.44. The van der Waals surface area contributed by atoms with E-state index < -0.39 is 0 Å². The van der Waals surface area contributed by atoms with Crippen LogP contribution in [0.15, 0.2) is 30.6 Å². The molecule has 0 saturated carbocycles. The van der Waals surface area contributed by atoms with Gasteiger partial charge in [-0.15, -0.1) is 0 Å². The first kappa shape index (κ1) is 14.4. The maximum atomic E-state index is 11.8. The largest absolute Gasteiger partial charge is 0.454 e. The highest BCUT2D eigenvalue weighted by Gasteiger charge is 2.13. The van der Waals surface area contributed by atoms with Gasteiger partial charge in [0.25, 0.3) is 0 Å². The Morgan fingerprint density at radius 2 is 2.14 bits per heavy atom. The van der Waals surface area contributed by atoms with E-state index in [-0.39, 0.29) is 12.7 Å². The minimum absolute atomic E-state index is 0.0873. The fourth-order valence-corrected chi connectivity index (χ4v) is 2.40. The summed E-state index contributed by atoms with van der Waals surface area (Å²) >= 11 is 0. The topological polar surface area (TPSA) is 76.2 Å². The molecule has 1 aliphatic heterocycles. The molecule has 2 N–H and O–H groups in total. The fraction of sp³-hybridized carbons (Fsp3) is 0.375. The summed E-state index contributed by atoms with van der Waals surface area (Å²) in [4.78, 5) is 11.8. The molecule has 1 amide bonds. The van der Waals surface area contributed by atoms with E-state index >= 15 is 0 Å². The number of carbonyl (C=O) groups is 1. The molecule has 3 rings (SSSR count). The Balaban J connectivity index is 1.35. The minimum atomic E-state index is 0.0873. The maximum Gasteiger partial charge on any atom is 0.231 e. The molecule has 1 aromatic carbocycles. The summed E-state index contributed by atoms with van der Waals surface area (Å²) < 4.78 is 10.6. The zero-order valence-corrected chi connectivity index (χ0v) is 12.3. The van der Waals surface area contributed by atoms with E-state index in [1.165, 1.54) is 0 Å². The van der Waals surface area contributed by atoms with E-state index in [9.17, 15) is 4.79 Å². The molecule has 0 saturated heterocycles. The van der Waals surface area contributed by atoms with Crippen LogP contribution in [0.25, 0.3) is 0 Å². The molecule has 1 aromatic heterocycles. The van der Waals surface area contributed by atoms with Crippen LogP contribution < -0.4 is 14.8 Å². The number of aromatic nitrogens is 2. The van der Waals surface area contributed by atoms with Crippen molar-refractivity contribution in [2.24, 2.45) is 0 Å². The van der Waals surface area contributed by atoms with Gasteiger partial charge in [-0.1, -0.05) is 6.07 Å². The van der Waals surface area contributed by atoms with Gasteiger partial charge in [0.2, 0.25) is 12.7 Å². The van der Waals surface area contributed by atoms with E-state index in [2.05, 4.69) is 15.5 Å². The Labute approximate surface area is 128 Å². The number of hydrogen-bond acceptors (Lipinski definition) is 4. The average Bonchev–Trinajstić information content (AvgIpc) is 3.17. The number of fused-ring (bicyclic) bond motifs is 1.